The molecule has 0 aliphatic carbocycles. The Kier molecular flexibility index (Phi) is 8.47. The van der Waals surface area contributed by atoms with Crippen LogP contribution in [-0.2, 0) is 6.42 Å². The van der Waals surface area contributed by atoms with Crippen molar-refractivity contribution in [3.05, 3.63) is 35.9 Å². The molecule has 4 nitrogen and oxygen atoms in total. The van der Waals surface area contributed by atoms with Gasteiger partial charge in [-0.3, -0.25) is 4.99 Å². The number of nitrogens with zero attached hydrogens (tertiary/aromatic N) is 2. The van der Waals surface area contributed by atoms with Crippen molar-refractivity contribution in [3.8, 4) is 0 Å². The second-order valence-corrected chi connectivity index (χ2v) is 4.82. The number of guanidine groups is 1. The quantitative estimate of drug-likeness (QED) is 0.561. The van der Waals surface area contributed by atoms with Crippen LogP contribution in [0.4, 0.5) is 0 Å². The highest BCUT2D eigenvalue weighted by Crippen LogP contribution is 1.97. The molecule has 0 saturated carbocycles. The van der Waals surface area contributed by atoms with Gasteiger partial charge in [0.1, 0.15) is 0 Å². The van der Waals surface area contributed by atoms with Crippen molar-refractivity contribution in [2.75, 3.05) is 39.8 Å². The molecule has 0 aromatic heterocycles. The molecule has 0 saturated heterocycles. The zero-order chi connectivity index (χ0) is 14.6. The summed E-state index contributed by atoms with van der Waals surface area (Å²) in [7, 11) is 2.12. The molecule has 0 aliphatic rings. The van der Waals surface area contributed by atoms with E-state index in [2.05, 4.69) is 65.7 Å². The van der Waals surface area contributed by atoms with E-state index >= 15 is 0 Å². The minimum Gasteiger partial charge on any atom is -0.357 e. The maximum absolute atomic E-state index is 4.59. The number of rotatable bonds is 8. The van der Waals surface area contributed by atoms with Crippen LogP contribution in [0.25, 0.3) is 0 Å². The Morgan fingerprint density at radius 3 is 2.55 bits per heavy atom. The molecular weight excluding hydrogens is 248 g/mol. The largest absolute Gasteiger partial charge is 0.357 e. The molecule has 20 heavy (non-hydrogen) atoms. The molecule has 0 fully saturated rings. The van der Waals surface area contributed by atoms with E-state index in [1.54, 1.807) is 0 Å². The first-order valence-corrected chi connectivity index (χ1v) is 7.51. The first-order chi connectivity index (χ1) is 9.76. The third kappa shape index (κ3) is 7.14. The van der Waals surface area contributed by atoms with E-state index in [0.717, 1.165) is 45.1 Å². The van der Waals surface area contributed by atoms with Gasteiger partial charge in [0.2, 0.25) is 0 Å². The molecule has 1 aromatic carbocycles. The molecule has 0 unspecified atom stereocenters. The number of nitrogens with one attached hydrogen (secondary N) is 2. The van der Waals surface area contributed by atoms with Crippen LogP contribution >= 0.6 is 0 Å². The summed E-state index contributed by atoms with van der Waals surface area (Å²) in [6.07, 6.45) is 1.01. The van der Waals surface area contributed by atoms with Crippen molar-refractivity contribution in [1.29, 1.82) is 0 Å². The highest BCUT2D eigenvalue weighted by Gasteiger charge is 1.98. The topological polar surface area (TPSA) is 39.7 Å². The molecule has 0 radical (unpaired) electrons. The normalized spacial score (nSPS) is 11.7. The van der Waals surface area contributed by atoms with Gasteiger partial charge in [-0.1, -0.05) is 37.3 Å². The second-order valence-electron chi connectivity index (χ2n) is 4.82. The van der Waals surface area contributed by atoms with E-state index in [-0.39, 0.29) is 0 Å². The summed E-state index contributed by atoms with van der Waals surface area (Å²) in [4.78, 5) is 6.85. The van der Waals surface area contributed by atoms with Crippen molar-refractivity contribution >= 4 is 5.96 Å². The van der Waals surface area contributed by atoms with Crippen LogP contribution in [0.3, 0.4) is 0 Å². The minimum absolute atomic E-state index is 0.824. The van der Waals surface area contributed by atoms with Crippen LogP contribution in [0.1, 0.15) is 19.4 Å². The van der Waals surface area contributed by atoms with Gasteiger partial charge in [0.25, 0.3) is 0 Å². The molecule has 0 atom stereocenters. The van der Waals surface area contributed by atoms with Crippen LogP contribution in [0.15, 0.2) is 35.3 Å². The lowest BCUT2D eigenvalue weighted by Crippen LogP contribution is -2.38. The Morgan fingerprint density at radius 2 is 1.90 bits per heavy atom. The minimum atomic E-state index is 0.824. The Balaban J connectivity index is 2.32. The van der Waals surface area contributed by atoms with Gasteiger partial charge < -0.3 is 15.5 Å². The van der Waals surface area contributed by atoms with Gasteiger partial charge in [-0.25, -0.2) is 0 Å². The van der Waals surface area contributed by atoms with E-state index in [0.29, 0.717) is 0 Å². The van der Waals surface area contributed by atoms with Gasteiger partial charge >= 0.3 is 0 Å². The number of likely N-dealkylation sites (N-methyl/N-ethyl adjacent to an activating group) is 1. The highest BCUT2D eigenvalue weighted by molar-refractivity contribution is 5.79. The average molecular weight is 276 g/mol. The molecule has 0 amide bonds. The summed E-state index contributed by atoms with van der Waals surface area (Å²) in [6, 6.07) is 10.5. The summed E-state index contributed by atoms with van der Waals surface area (Å²) in [5.74, 6) is 0.910. The lowest BCUT2D eigenvalue weighted by molar-refractivity contribution is 0.363. The van der Waals surface area contributed by atoms with E-state index in [4.69, 9.17) is 0 Å². The standard InChI is InChI=1S/C16H28N4/c1-4-17-16(19-13-14-20(3)5-2)18-12-11-15-9-7-6-8-10-15/h6-10H,4-5,11-14H2,1-3H3,(H2,17,18,19). The fourth-order valence-electron chi connectivity index (χ4n) is 1.80. The van der Waals surface area contributed by atoms with Gasteiger partial charge in [0.15, 0.2) is 5.96 Å². The fraction of sp³-hybridized carbons (Fsp3) is 0.562. The first kappa shape index (κ1) is 16.5. The van der Waals surface area contributed by atoms with Gasteiger partial charge in [-0.15, -0.1) is 0 Å². The molecule has 1 rings (SSSR count). The number of hydrogen-bond donors (Lipinski definition) is 2. The van der Waals surface area contributed by atoms with Crippen molar-refractivity contribution in [1.82, 2.24) is 15.5 Å². The predicted molar refractivity (Wildman–Crippen MR) is 87.3 cm³/mol. The zero-order valence-electron chi connectivity index (χ0n) is 13.0. The maximum Gasteiger partial charge on any atom is 0.191 e. The van der Waals surface area contributed by atoms with Crippen LogP contribution in [0, 0.1) is 0 Å². The van der Waals surface area contributed by atoms with Crippen molar-refractivity contribution in [3.63, 3.8) is 0 Å². The number of hydrogen-bond acceptors (Lipinski definition) is 2. The first-order valence-electron chi connectivity index (χ1n) is 7.51. The summed E-state index contributed by atoms with van der Waals surface area (Å²) in [5.41, 5.74) is 1.35. The molecule has 1 aromatic rings. The molecule has 0 bridgehead atoms. The zero-order valence-corrected chi connectivity index (χ0v) is 13.0. The number of benzene rings is 1. The highest BCUT2D eigenvalue weighted by atomic mass is 15.2. The Morgan fingerprint density at radius 1 is 1.15 bits per heavy atom. The molecule has 0 aliphatic heterocycles. The van der Waals surface area contributed by atoms with Crippen LogP contribution in [0.2, 0.25) is 0 Å². The smallest absolute Gasteiger partial charge is 0.191 e. The predicted octanol–water partition coefficient (Wildman–Crippen LogP) is 1.74. The lowest BCUT2D eigenvalue weighted by Gasteiger charge is -2.14. The molecule has 2 N–H and O–H groups in total. The molecular formula is C16H28N4. The third-order valence-corrected chi connectivity index (χ3v) is 3.18. The molecule has 0 heterocycles. The SMILES string of the molecule is CCNC(=NCCN(C)CC)NCCc1ccccc1. The summed E-state index contributed by atoms with van der Waals surface area (Å²) in [6.45, 7) is 8.92. The fourth-order valence-corrected chi connectivity index (χ4v) is 1.80. The van der Waals surface area contributed by atoms with Gasteiger partial charge in [-0.05, 0) is 32.5 Å². The van der Waals surface area contributed by atoms with E-state index < -0.39 is 0 Å². The number of aliphatic imine (C=N–C) groups is 1. The average Bonchev–Trinajstić information content (AvgIpc) is 2.48. The summed E-state index contributed by atoms with van der Waals surface area (Å²) < 4.78 is 0. The Labute approximate surface area is 123 Å². The molecule has 0 spiro atoms. The molecule has 112 valence electrons. The van der Waals surface area contributed by atoms with Crippen molar-refractivity contribution < 1.29 is 0 Å². The van der Waals surface area contributed by atoms with Gasteiger partial charge in [0, 0.05) is 19.6 Å². The van der Waals surface area contributed by atoms with E-state index in [1.165, 1.54) is 5.56 Å². The van der Waals surface area contributed by atoms with Gasteiger partial charge in [-0.2, -0.15) is 0 Å². The van der Waals surface area contributed by atoms with Crippen LogP contribution in [0.5, 0.6) is 0 Å². The lowest BCUT2D eigenvalue weighted by atomic mass is 10.1. The summed E-state index contributed by atoms with van der Waals surface area (Å²) in [5, 5.41) is 6.66. The third-order valence-electron chi connectivity index (χ3n) is 3.18. The van der Waals surface area contributed by atoms with E-state index in [9.17, 15) is 0 Å². The van der Waals surface area contributed by atoms with Crippen LogP contribution in [-0.4, -0.2) is 50.6 Å². The van der Waals surface area contributed by atoms with Gasteiger partial charge in [0.05, 0.1) is 6.54 Å². The molecule has 4 heteroatoms. The summed E-state index contributed by atoms with van der Waals surface area (Å²) >= 11 is 0. The Bertz CT molecular complexity index is 375. The van der Waals surface area contributed by atoms with Crippen molar-refractivity contribution in [2.24, 2.45) is 4.99 Å². The maximum atomic E-state index is 4.59. The van der Waals surface area contributed by atoms with E-state index in [1.807, 2.05) is 6.07 Å². The van der Waals surface area contributed by atoms with Crippen molar-refractivity contribution in [2.45, 2.75) is 20.3 Å². The monoisotopic (exact) mass is 276 g/mol. The Hall–Kier alpha value is -1.55. The van der Waals surface area contributed by atoms with Crippen LogP contribution < -0.4 is 10.6 Å². The second kappa shape index (κ2) is 10.3.